The van der Waals surface area contributed by atoms with Crippen LogP contribution < -0.4 is 15.4 Å². The van der Waals surface area contributed by atoms with Crippen LogP contribution in [0.25, 0.3) is 6.08 Å². The summed E-state index contributed by atoms with van der Waals surface area (Å²) in [4.78, 5) is 23.6. The van der Waals surface area contributed by atoms with Gasteiger partial charge in [-0.1, -0.05) is 42.5 Å². The van der Waals surface area contributed by atoms with Gasteiger partial charge in [-0.3, -0.25) is 9.59 Å². The maximum Gasteiger partial charge on any atom is 0.254 e. The predicted octanol–water partition coefficient (Wildman–Crippen LogP) is 1.65. The van der Waals surface area contributed by atoms with E-state index in [2.05, 4.69) is 15.4 Å². The van der Waals surface area contributed by atoms with E-state index in [1.807, 2.05) is 6.07 Å². The average Bonchev–Trinajstić information content (AvgIpc) is 2.70. The molecule has 0 spiro atoms. The number of nitrogens with one attached hydrogen (secondary N) is 3. The van der Waals surface area contributed by atoms with E-state index in [9.17, 15) is 22.4 Å². The van der Waals surface area contributed by atoms with Crippen LogP contribution in [0, 0.1) is 5.82 Å². The molecule has 2 aromatic rings. The molecule has 2 amide bonds. The van der Waals surface area contributed by atoms with Crippen molar-refractivity contribution >= 4 is 27.9 Å². The Bertz CT molecular complexity index is 963. The highest BCUT2D eigenvalue weighted by molar-refractivity contribution is 7.92. The van der Waals surface area contributed by atoms with Gasteiger partial charge in [0.25, 0.3) is 5.91 Å². The van der Waals surface area contributed by atoms with Crippen LogP contribution in [-0.4, -0.2) is 39.9 Å². The van der Waals surface area contributed by atoms with Crippen molar-refractivity contribution in [3.8, 4) is 0 Å². The summed E-state index contributed by atoms with van der Waals surface area (Å²) in [5.74, 6) is -1.57. The third-order valence-corrected chi connectivity index (χ3v) is 4.85. The number of hydrogen-bond acceptors (Lipinski definition) is 4. The minimum Gasteiger partial charge on any atom is -0.354 e. The minimum atomic E-state index is -3.65. The molecule has 0 radical (unpaired) electrons. The van der Waals surface area contributed by atoms with Crippen molar-refractivity contribution in [1.82, 2.24) is 15.4 Å². The maximum absolute atomic E-state index is 13.5. The van der Waals surface area contributed by atoms with Crippen LogP contribution >= 0.6 is 0 Å². The van der Waals surface area contributed by atoms with E-state index in [1.165, 1.54) is 24.3 Å². The van der Waals surface area contributed by atoms with Gasteiger partial charge in [0.15, 0.2) is 0 Å². The Labute approximate surface area is 169 Å². The van der Waals surface area contributed by atoms with Crippen LogP contribution in [0.4, 0.5) is 4.39 Å². The van der Waals surface area contributed by atoms with Crippen LogP contribution in [0.2, 0.25) is 0 Å². The number of carbonyl (C=O) groups excluding carboxylic acids is 2. The lowest BCUT2D eigenvalue weighted by molar-refractivity contribution is -0.120. The summed E-state index contributed by atoms with van der Waals surface area (Å²) >= 11 is 0. The van der Waals surface area contributed by atoms with Gasteiger partial charge >= 0.3 is 0 Å². The van der Waals surface area contributed by atoms with Gasteiger partial charge in [0.1, 0.15) is 5.82 Å². The first-order chi connectivity index (χ1) is 13.9. The third kappa shape index (κ3) is 8.24. The summed E-state index contributed by atoms with van der Waals surface area (Å²) in [6.07, 6.45) is 1.40. The Morgan fingerprint density at radius 1 is 0.897 bits per heavy atom. The van der Waals surface area contributed by atoms with E-state index >= 15 is 0 Å². The average molecular weight is 419 g/mol. The fourth-order valence-corrected chi connectivity index (χ4v) is 3.11. The Morgan fingerprint density at radius 3 is 2.28 bits per heavy atom. The molecule has 0 aliphatic heterocycles. The zero-order chi connectivity index (χ0) is 21.1. The highest BCUT2D eigenvalue weighted by atomic mass is 32.2. The number of sulfonamides is 1. The van der Waals surface area contributed by atoms with Gasteiger partial charge in [0.05, 0.1) is 5.56 Å². The number of amides is 2. The molecule has 0 aromatic heterocycles. The third-order valence-electron chi connectivity index (χ3n) is 3.75. The summed E-state index contributed by atoms with van der Waals surface area (Å²) in [5.41, 5.74) is 0.671. The summed E-state index contributed by atoms with van der Waals surface area (Å²) in [6.45, 7) is 0.193. The molecule has 0 heterocycles. The number of rotatable bonds is 10. The normalized spacial score (nSPS) is 11.3. The molecule has 0 saturated carbocycles. The molecular weight excluding hydrogens is 397 g/mol. The molecule has 3 N–H and O–H groups in total. The van der Waals surface area contributed by atoms with Crippen LogP contribution in [0.15, 0.2) is 60.0 Å². The number of halogens is 1. The second kappa shape index (κ2) is 11.1. The van der Waals surface area contributed by atoms with E-state index in [-0.39, 0.29) is 37.5 Å². The van der Waals surface area contributed by atoms with Crippen molar-refractivity contribution in [2.45, 2.75) is 6.42 Å². The monoisotopic (exact) mass is 419 g/mol. The zero-order valence-electron chi connectivity index (χ0n) is 15.6. The first kappa shape index (κ1) is 22.3. The van der Waals surface area contributed by atoms with Gasteiger partial charge < -0.3 is 10.6 Å². The first-order valence-electron chi connectivity index (χ1n) is 8.89. The van der Waals surface area contributed by atoms with Gasteiger partial charge in [0.2, 0.25) is 15.9 Å². The fraction of sp³-hybridized carbons (Fsp3) is 0.200. The predicted molar refractivity (Wildman–Crippen MR) is 109 cm³/mol. The van der Waals surface area contributed by atoms with Crippen LogP contribution in [-0.2, 0) is 14.8 Å². The second-order valence-corrected chi connectivity index (χ2v) is 7.64. The number of carbonyl (C=O) groups is 2. The lowest BCUT2D eigenvalue weighted by Crippen LogP contribution is -2.36. The minimum absolute atomic E-state index is 0.0559. The molecular formula is C20H22FN3O4S. The van der Waals surface area contributed by atoms with Gasteiger partial charge in [-0.05, 0) is 23.8 Å². The molecule has 9 heteroatoms. The molecule has 0 saturated heterocycles. The van der Waals surface area contributed by atoms with Crippen molar-refractivity contribution in [1.29, 1.82) is 0 Å². The van der Waals surface area contributed by atoms with Crippen molar-refractivity contribution in [2.24, 2.45) is 0 Å². The van der Waals surface area contributed by atoms with Crippen molar-refractivity contribution < 1.29 is 22.4 Å². The molecule has 0 fully saturated rings. The summed E-state index contributed by atoms with van der Waals surface area (Å²) in [5, 5.41) is 6.08. The molecule has 29 heavy (non-hydrogen) atoms. The van der Waals surface area contributed by atoms with Crippen molar-refractivity contribution in [2.75, 3.05) is 19.6 Å². The van der Waals surface area contributed by atoms with Crippen LogP contribution in [0.5, 0.6) is 0 Å². The van der Waals surface area contributed by atoms with Crippen LogP contribution in [0.3, 0.4) is 0 Å². The Morgan fingerprint density at radius 2 is 1.55 bits per heavy atom. The largest absolute Gasteiger partial charge is 0.354 e. The molecule has 0 atom stereocenters. The summed E-state index contributed by atoms with van der Waals surface area (Å²) in [7, 11) is -3.65. The standard InChI is InChI=1S/C20H22FN3O4S/c21-18-9-5-4-8-17(18)20(26)23-14-13-22-19(25)10-12-24-29(27,28)15-11-16-6-2-1-3-7-16/h1-9,11,15,24H,10,12-14H2,(H,22,25)(H,23,26)/b15-11-. The van der Waals surface area contributed by atoms with Crippen molar-refractivity contribution in [3.63, 3.8) is 0 Å². The quantitative estimate of drug-likeness (QED) is 0.510. The second-order valence-electron chi connectivity index (χ2n) is 5.99. The summed E-state index contributed by atoms with van der Waals surface area (Å²) in [6, 6.07) is 14.5. The molecule has 0 unspecified atom stereocenters. The topological polar surface area (TPSA) is 104 Å². The molecule has 2 rings (SSSR count). The Kier molecular flexibility index (Phi) is 8.50. The maximum atomic E-state index is 13.5. The molecule has 0 aliphatic rings. The highest BCUT2D eigenvalue weighted by Crippen LogP contribution is 2.05. The molecule has 0 aliphatic carbocycles. The van der Waals surface area contributed by atoms with E-state index in [0.29, 0.717) is 0 Å². The first-order valence-corrected chi connectivity index (χ1v) is 10.4. The Balaban J connectivity index is 1.64. The van der Waals surface area contributed by atoms with Gasteiger partial charge in [0, 0.05) is 31.5 Å². The molecule has 2 aromatic carbocycles. The summed E-state index contributed by atoms with van der Waals surface area (Å²) < 4.78 is 39.5. The number of benzene rings is 2. The lowest BCUT2D eigenvalue weighted by atomic mass is 10.2. The van der Waals surface area contributed by atoms with Crippen LogP contribution in [0.1, 0.15) is 22.3 Å². The van der Waals surface area contributed by atoms with E-state index in [0.717, 1.165) is 11.0 Å². The van der Waals surface area contributed by atoms with E-state index in [1.54, 1.807) is 30.3 Å². The smallest absolute Gasteiger partial charge is 0.254 e. The lowest BCUT2D eigenvalue weighted by Gasteiger charge is -2.08. The van der Waals surface area contributed by atoms with Gasteiger partial charge in [-0.25, -0.2) is 17.5 Å². The molecule has 154 valence electrons. The van der Waals surface area contributed by atoms with E-state index in [4.69, 9.17) is 0 Å². The fourth-order valence-electron chi connectivity index (χ4n) is 2.29. The van der Waals surface area contributed by atoms with Gasteiger partial charge in [-0.15, -0.1) is 0 Å². The highest BCUT2D eigenvalue weighted by Gasteiger charge is 2.10. The molecule has 7 nitrogen and oxygen atoms in total. The van der Waals surface area contributed by atoms with Gasteiger partial charge in [-0.2, -0.15) is 0 Å². The van der Waals surface area contributed by atoms with E-state index < -0.39 is 21.7 Å². The van der Waals surface area contributed by atoms with Crippen molar-refractivity contribution in [3.05, 3.63) is 76.9 Å². The zero-order valence-corrected chi connectivity index (χ0v) is 16.4. The molecule has 0 bridgehead atoms. The Hall–Kier alpha value is -3.04. The SMILES string of the molecule is O=C(CCNS(=O)(=O)/C=C\c1ccccc1)NCCNC(=O)c1ccccc1F. The number of hydrogen-bond donors (Lipinski definition) is 3.